The summed E-state index contributed by atoms with van der Waals surface area (Å²) in [6.07, 6.45) is 0. The second-order valence-corrected chi connectivity index (χ2v) is 15.7. The fourth-order valence-corrected chi connectivity index (χ4v) is 4.99. The largest absolute Gasteiger partial charge is 0.508 e. The molecule has 2 fully saturated rings. The molecule has 2 aliphatic rings. The lowest BCUT2D eigenvalue weighted by molar-refractivity contribution is 0.00578. The number of ether oxygens (including phenoxy) is 1. The Labute approximate surface area is 323 Å². The van der Waals surface area contributed by atoms with E-state index >= 15 is 0 Å². The number of benzene rings is 4. The molecule has 4 N–H and O–H groups in total. The van der Waals surface area contributed by atoms with E-state index in [2.05, 4.69) is 15.9 Å². The SMILES string of the molecule is CC1(C)O[B]OC1(C)C.Cc1cc(O)ccc1B1OC(C)(C)C(C)(C)O1.Cc1cc(O)ccc1Br.Cc1cc(Oc2cccc(F)c2)ccc1B(O)O. The second-order valence-electron chi connectivity index (χ2n) is 14.9. The van der Waals surface area contributed by atoms with Gasteiger partial charge in [-0.05, 0) is 158 Å². The van der Waals surface area contributed by atoms with E-state index in [-0.39, 0.29) is 41.1 Å². The van der Waals surface area contributed by atoms with Gasteiger partial charge in [0.25, 0.3) is 0 Å². The zero-order valence-corrected chi connectivity index (χ0v) is 33.9. The van der Waals surface area contributed by atoms with Crippen LogP contribution in [0.25, 0.3) is 0 Å². The molecule has 0 aliphatic carbocycles. The van der Waals surface area contributed by atoms with E-state index < -0.39 is 7.12 Å². The van der Waals surface area contributed by atoms with Crippen molar-refractivity contribution in [2.75, 3.05) is 0 Å². The lowest BCUT2D eigenvalue weighted by Crippen LogP contribution is -2.41. The predicted octanol–water partition coefficient (Wildman–Crippen LogP) is 7.19. The van der Waals surface area contributed by atoms with Gasteiger partial charge in [0.05, 0.1) is 22.4 Å². The van der Waals surface area contributed by atoms with Crippen LogP contribution in [-0.2, 0) is 18.6 Å². The first-order valence-electron chi connectivity index (χ1n) is 17.1. The van der Waals surface area contributed by atoms with Crippen LogP contribution >= 0.6 is 15.9 Å². The molecule has 53 heavy (non-hydrogen) atoms. The molecular formula is C39H50B3BrFO9. The molecule has 4 aromatic rings. The molecule has 0 spiro atoms. The molecule has 9 nitrogen and oxygen atoms in total. The van der Waals surface area contributed by atoms with Crippen molar-refractivity contribution in [3.8, 4) is 23.0 Å². The summed E-state index contributed by atoms with van der Waals surface area (Å²) in [4.78, 5) is 0. The summed E-state index contributed by atoms with van der Waals surface area (Å²) in [6.45, 7) is 21.8. The molecule has 6 rings (SSSR count). The highest BCUT2D eigenvalue weighted by Gasteiger charge is 2.52. The molecule has 283 valence electrons. The van der Waals surface area contributed by atoms with Crippen molar-refractivity contribution in [3.63, 3.8) is 0 Å². The second kappa shape index (κ2) is 17.9. The van der Waals surface area contributed by atoms with Crippen LogP contribution in [0, 0.1) is 26.6 Å². The first-order valence-corrected chi connectivity index (χ1v) is 17.9. The number of aryl methyl sites for hydroxylation is 3. The summed E-state index contributed by atoms with van der Waals surface area (Å²) < 4.78 is 41.8. The highest BCUT2D eigenvalue weighted by Crippen LogP contribution is 2.37. The number of aromatic hydroxyl groups is 2. The van der Waals surface area contributed by atoms with Crippen molar-refractivity contribution in [3.05, 3.63) is 106 Å². The zero-order chi connectivity index (χ0) is 39.9. The smallest absolute Gasteiger partial charge is 0.495 e. The van der Waals surface area contributed by atoms with Crippen LogP contribution in [0.5, 0.6) is 23.0 Å². The van der Waals surface area contributed by atoms with Gasteiger partial charge in [0.15, 0.2) is 0 Å². The topological polar surface area (TPSA) is 127 Å². The van der Waals surface area contributed by atoms with Gasteiger partial charge in [0.1, 0.15) is 28.8 Å². The van der Waals surface area contributed by atoms with Crippen LogP contribution in [0.4, 0.5) is 4.39 Å². The van der Waals surface area contributed by atoms with E-state index in [1.807, 2.05) is 81.4 Å². The summed E-state index contributed by atoms with van der Waals surface area (Å²) in [6, 6.07) is 21.1. The van der Waals surface area contributed by atoms with E-state index in [9.17, 15) is 9.50 Å². The summed E-state index contributed by atoms with van der Waals surface area (Å²) in [5.41, 5.74) is 3.07. The zero-order valence-electron chi connectivity index (χ0n) is 32.3. The molecule has 1 radical (unpaired) electrons. The van der Waals surface area contributed by atoms with Gasteiger partial charge in [-0.1, -0.05) is 34.1 Å². The molecule has 2 heterocycles. The number of phenols is 2. The van der Waals surface area contributed by atoms with Crippen molar-refractivity contribution in [2.24, 2.45) is 0 Å². The Morgan fingerprint density at radius 2 is 1.19 bits per heavy atom. The highest BCUT2D eigenvalue weighted by atomic mass is 79.9. The molecule has 0 unspecified atom stereocenters. The maximum absolute atomic E-state index is 13.0. The van der Waals surface area contributed by atoms with Gasteiger partial charge in [0.2, 0.25) is 0 Å². The summed E-state index contributed by atoms with van der Waals surface area (Å²) in [5, 5.41) is 36.5. The molecule has 0 bridgehead atoms. The van der Waals surface area contributed by atoms with Crippen molar-refractivity contribution in [1.82, 2.24) is 0 Å². The molecule has 0 amide bonds. The fourth-order valence-electron chi connectivity index (χ4n) is 4.74. The molecule has 4 aromatic carbocycles. The fraction of sp³-hybridized carbons (Fsp3) is 0.385. The van der Waals surface area contributed by atoms with Crippen molar-refractivity contribution in [1.29, 1.82) is 0 Å². The Balaban J connectivity index is 0.000000200. The Bertz CT molecular complexity index is 1810. The number of rotatable bonds is 4. The number of hydrogen-bond donors (Lipinski definition) is 4. The van der Waals surface area contributed by atoms with Gasteiger partial charge in [-0.15, -0.1) is 0 Å². The van der Waals surface area contributed by atoms with Gasteiger partial charge in [0, 0.05) is 10.5 Å². The molecule has 0 saturated carbocycles. The standard InChI is InChI=1S/C13H12BFO3.C13H19BO3.C7H7BrO.C6H12BO2/c1-9-7-12(5-6-13(9)14(16)17)18-11-4-2-3-10(15)8-11;1-9-8-10(15)6-7-11(9)14-16-12(2,3)13(4,5)17-14;1-5-4-6(9)2-3-7(5)8;1-5(2)6(3,4)9-7-8-5/h2-8,16-17H,1H3;6-8,15H,1-5H3;2-4,9H,1H3;1-4H3. The Morgan fingerprint density at radius 1 is 0.660 bits per heavy atom. The third-order valence-electron chi connectivity index (χ3n) is 9.59. The highest BCUT2D eigenvalue weighted by molar-refractivity contribution is 9.10. The monoisotopic (exact) mass is 793 g/mol. The molecule has 14 heteroatoms. The van der Waals surface area contributed by atoms with Crippen LogP contribution in [-0.4, -0.2) is 64.6 Å². The quantitative estimate of drug-likeness (QED) is 0.159. The van der Waals surface area contributed by atoms with Crippen molar-refractivity contribution < 1.29 is 48.0 Å². The summed E-state index contributed by atoms with van der Waals surface area (Å²) in [7, 11) is -0.450. The van der Waals surface area contributed by atoms with Gasteiger partial charge >= 0.3 is 21.9 Å². The van der Waals surface area contributed by atoms with E-state index in [4.69, 9.17) is 38.5 Å². The predicted molar refractivity (Wildman–Crippen MR) is 213 cm³/mol. The van der Waals surface area contributed by atoms with E-state index in [1.165, 1.54) is 19.8 Å². The Morgan fingerprint density at radius 3 is 1.62 bits per heavy atom. The molecule has 0 aromatic heterocycles. The minimum atomic E-state index is -1.51. The Hall–Kier alpha value is -3.36. The molecular weight excluding hydrogens is 744 g/mol. The third kappa shape index (κ3) is 12.1. The van der Waals surface area contributed by atoms with Crippen LogP contribution in [0.1, 0.15) is 72.1 Å². The normalized spacial score (nSPS) is 17.2. The maximum atomic E-state index is 13.0. The average Bonchev–Trinajstić information content (AvgIpc) is 3.41. The van der Waals surface area contributed by atoms with Crippen molar-refractivity contribution >= 4 is 48.8 Å². The minimum Gasteiger partial charge on any atom is -0.508 e. The van der Waals surface area contributed by atoms with Gasteiger partial charge < -0.3 is 43.6 Å². The van der Waals surface area contributed by atoms with Gasteiger partial charge in [-0.2, -0.15) is 0 Å². The van der Waals surface area contributed by atoms with Crippen LogP contribution in [0.2, 0.25) is 0 Å². The van der Waals surface area contributed by atoms with Crippen LogP contribution in [0.15, 0.2) is 83.3 Å². The first-order chi connectivity index (χ1) is 24.4. The molecule has 2 saturated heterocycles. The van der Waals surface area contributed by atoms with Gasteiger partial charge in [-0.25, -0.2) is 4.39 Å². The number of halogens is 2. The van der Waals surface area contributed by atoms with Crippen LogP contribution < -0.4 is 15.7 Å². The van der Waals surface area contributed by atoms with Crippen LogP contribution in [0.3, 0.4) is 0 Å². The average molecular weight is 794 g/mol. The number of hydrogen-bond acceptors (Lipinski definition) is 9. The van der Waals surface area contributed by atoms with E-state index in [1.54, 1.807) is 61.5 Å². The van der Waals surface area contributed by atoms with E-state index in [0.29, 0.717) is 28.3 Å². The summed E-state index contributed by atoms with van der Waals surface area (Å²) in [5.74, 6) is 1.12. The Kier molecular flexibility index (Phi) is 14.8. The third-order valence-corrected chi connectivity index (χ3v) is 10.5. The molecule has 0 atom stereocenters. The molecule has 2 aliphatic heterocycles. The minimum absolute atomic E-state index is 0.187. The lowest BCUT2D eigenvalue weighted by atomic mass is 9.76. The lowest BCUT2D eigenvalue weighted by Gasteiger charge is -2.32. The number of phenolic OH excluding ortho intramolecular Hbond substituents is 2. The van der Waals surface area contributed by atoms with Crippen molar-refractivity contribution in [2.45, 2.75) is 98.6 Å². The van der Waals surface area contributed by atoms with E-state index in [0.717, 1.165) is 21.1 Å². The maximum Gasteiger partial charge on any atom is 0.495 e. The summed E-state index contributed by atoms with van der Waals surface area (Å²) >= 11 is 3.32. The van der Waals surface area contributed by atoms with Gasteiger partial charge in [-0.3, -0.25) is 0 Å². The first kappa shape index (κ1) is 44.0.